The number of carboxylic acids is 1. The predicted octanol–water partition coefficient (Wildman–Crippen LogP) is 2.15. The molecule has 1 N–H and O–H groups in total. The van der Waals surface area contributed by atoms with E-state index in [1.165, 1.54) is 30.3 Å². The third-order valence-electron chi connectivity index (χ3n) is 1.78. The van der Waals surface area contributed by atoms with Gasteiger partial charge < -0.3 is 9.84 Å². The molecule has 1 atom stereocenters. The summed E-state index contributed by atoms with van der Waals surface area (Å²) in [6.45, 7) is 3.56. The number of carboxylic acid groups (broad SMARTS) is 1. The van der Waals surface area contributed by atoms with E-state index in [-0.39, 0.29) is 6.61 Å². The van der Waals surface area contributed by atoms with Crippen LogP contribution in [0.2, 0.25) is 0 Å². The molecular weight excluding hydrogens is 199 g/mol. The van der Waals surface area contributed by atoms with Crippen molar-refractivity contribution in [3.63, 3.8) is 0 Å². The normalized spacial score (nSPS) is 12.1. The largest absolute Gasteiger partial charge is 0.479 e. The molecule has 0 bridgehead atoms. The minimum absolute atomic E-state index is 0.133. The number of benzene rings is 1. The van der Waals surface area contributed by atoms with Crippen molar-refractivity contribution in [1.82, 2.24) is 0 Å². The van der Waals surface area contributed by atoms with Gasteiger partial charge in [-0.2, -0.15) is 0 Å². The third-order valence-corrected chi connectivity index (χ3v) is 1.78. The fourth-order valence-corrected chi connectivity index (χ4v) is 1.11. The van der Waals surface area contributed by atoms with Crippen LogP contribution in [0.4, 0.5) is 4.39 Å². The van der Waals surface area contributed by atoms with Gasteiger partial charge in [-0.1, -0.05) is 18.2 Å². The Hall–Kier alpha value is -1.68. The topological polar surface area (TPSA) is 46.5 Å². The summed E-state index contributed by atoms with van der Waals surface area (Å²) in [4.78, 5) is 10.8. The first-order chi connectivity index (χ1) is 7.15. The van der Waals surface area contributed by atoms with E-state index in [1.807, 2.05) is 0 Å². The zero-order valence-corrected chi connectivity index (χ0v) is 8.02. The van der Waals surface area contributed by atoms with Gasteiger partial charge in [0.25, 0.3) is 0 Å². The lowest BCUT2D eigenvalue weighted by molar-refractivity contribution is -0.150. The molecule has 80 valence electrons. The number of carbonyl (C=O) groups is 1. The van der Waals surface area contributed by atoms with Gasteiger partial charge in [-0.25, -0.2) is 9.18 Å². The standard InChI is InChI=1S/C11H11FO3/c1-2-7-15-10(11(13)14)8-3-5-9(12)6-4-8/h2-6,10H,1,7H2,(H,13,14). The summed E-state index contributed by atoms with van der Waals surface area (Å²) in [6.07, 6.45) is 0.378. The van der Waals surface area contributed by atoms with Crippen LogP contribution in [0.25, 0.3) is 0 Å². The van der Waals surface area contributed by atoms with Crippen LogP contribution in [0, 0.1) is 5.82 Å². The SMILES string of the molecule is C=CCOC(C(=O)O)c1ccc(F)cc1. The molecule has 1 aromatic rings. The molecule has 1 rings (SSSR count). The van der Waals surface area contributed by atoms with Gasteiger partial charge in [0.05, 0.1) is 6.61 Å². The quantitative estimate of drug-likeness (QED) is 0.757. The Bertz CT molecular complexity index is 345. The van der Waals surface area contributed by atoms with E-state index in [1.54, 1.807) is 0 Å². The van der Waals surface area contributed by atoms with Crippen molar-refractivity contribution in [3.05, 3.63) is 48.3 Å². The summed E-state index contributed by atoms with van der Waals surface area (Å²) in [5.74, 6) is -1.52. The summed E-state index contributed by atoms with van der Waals surface area (Å²) in [6, 6.07) is 5.17. The Morgan fingerprint density at radius 2 is 2.13 bits per heavy atom. The van der Waals surface area contributed by atoms with E-state index in [9.17, 15) is 9.18 Å². The highest BCUT2D eigenvalue weighted by Gasteiger charge is 2.19. The highest BCUT2D eigenvalue weighted by Crippen LogP contribution is 2.17. The van der Waals surface area contributed by atoms with Gasteiger partial charge in [0, 0.05) is 0 Å². The molecule has 0 spiro atoms. The Morgan fingerprint density at radius 1 is 1.53 bits per heavy atom. The summed E-state index contributed by atoms with van der Waals surface area (Å²) in [7, 11) is 0. The monoisotopic (exact) mass is 210 g/mol. The molecule has 0 heterocycles. The van der Waals surface area contributed by atoms with Gasteiger partial charge in [0.1, 0.15) is 5.82 Å². The van der Waals surface area contributed by atoms with E-state index in [4.69, 9.17) is 9.84 Å². The van der Waals surface area contributed by atoms with E-state index < -0.39 is 17.9 Å². The van der Waals surface area contributed by atoms with Crippen LogP contribution in [0.3, 0.4) is 0 Å². The minimum atomic E-state index is -1.11. The molecule has 0 aromatic heterocycles. The highest BCUT2D eigenvalue weighted by atomic mass is 19.1. The number of ether oxygens (including phenoxy) is 1. The predicted molar refractivity (Wildman–Crippen MR) is 52.9 cm³/mol. The first-order valence-corrected chi connectivity index (χ1v) is 4.36. The second kappa shape index (κ2) is 5.26. The number of hydrogen-bond donors (Lipinski definition) is 1. The molecule has 3 nitrogen and oxygen atoms in total. The van der Waals surface area contributed by atoms with Crippen LogP contribution in [-0.4, -0.2) is 17.7 Å². The maximum atomic E-state index is 12.6. The van der Waals surface area contributed by atoms with Gasteiger partial charge in [-0.3, -0.25) is 0 Å². The number of hydrogen-bond acceptors (Lipinski definition) is 2. The van der Waals surface area contributed by atoms with Crippen LogP contribution in [0.5, 0.6) is 0 Å². The maximum Gasteiger partial charge on any atom is 0.337 e. The molecule has 0 fully saturated rings. The molecule has 1 unspecified atom stereocenters. The Morgan fingerprint density at radius 3 is 2.60 bits per heavy atom. The van der Waals surface area contributed by atoms with Crippen LogP contribution in [-0.2, 0) is 9.53 Å². The van der Waals surface area contributed by atoms with Crippen LogP contribution in [0.1, 0.15) is 11.7 Å². The van der Waals surface area contributed by atoms with Gasteiger partial charge in [0.2, 0.25) is 0 Å². The lowest BCUT2D eigenvalue weighted by Gasteiger charge is -2.12. The number of rotatable bonds is 5. The second-order valence-electron chi connectivity index (χ2n) is 2.89. The summed E-state index contributed by atoms with van der Waals surface area (Å²) < 4.78 is 17.6. The fourth-order valence-electron chi connectivity index (χ4n) is 1.11. The number of halogens is 1. The van der Waals surface area contributed by atoms with Crippen molar-refractivity contribution < 1.29 is 19.0 Å². The summed E-state index contributed by atoms with van der Waals surface area (Å²) >= 11 is 0. The molecule has 0 amide bonds. The van der Waals surface area contributed by atoms with Crippen molar-refractivity contribution in [2.45, 2.75) is 6.10 Å². The summed E-state index contributed by atoms with van der Waals surface area (Å²) in [5.41, 5.74) is 0.408. The van der Waals surface area contributed by atoms with E-state index >= 15 is 0 Å². The van der Waals surface area contributed by atoms with E-state index in [0.29, 0.717) is 5.56 Å². The number of aliphatic carboxylic acids is 1. The van der Waals surface area contributed by atoms with Gasteiger partial charge >= 0.3 is 5.97 Å². The minimum Gasteiger partial charge on any atom is -0.479 e. The molecule has 4 heteroatoms. The third kappa shape index (κ3) is 3.18. The maximum absolute atomic E-state index is 12.6. The lowest BCUT2D eigenvalue weighted by atomic mass is 10.1. The average Bonchev–Trinajstić information content (AvgIpc) is 2.21. The van der Waals surface area contributed by atoms with Gasteiger partial charge in [-0.05, 0) is 17.7 Å². The molecule has 0 saturated heterocycles. The van der Waals surface area contributed by atoms with Gasteiger partial charge in [-0.15, -0.1) is 6.58 Å². The van der Waals surface area contributed by atoms with Crippen molar-refractivity contribution in [1.29, 1.82) is 0 Å². The molecular formula is C11H11FO3. The van der Waals surface area contributed by atoms with E-state index in [2.05, 4.69) is 6.58 Å². The first-order valence-electron chi connectivity index (χ1n) is 4.36. The molecule has 1 aromatic carbocycles. The highest BCUT2D eigenvalue weighted by molar-refractivity contribution is 5.74. The molecule has 0 aliphatic rings. The van der Waals surface area contributed by atoms with Crippen LogP contribution >= 0.6 is 0 Å². The molecule has 0 aliphatic carbocycles. The van der Waals surface area contributed by atoms with Crippen molar-refractivity contribution >= 4 is 5.97 Å². The Labute approximate surface area is 86.8 Å². The fraction of sp³-hybridized carbons (Fsp3) is 0.182. The average molecular weight is 210 g/mol. The molecule has 0 saturated carbocycles. The lowest BCUT2D eigenvalue weighted by Crippen LogP contribution is -2.15. The molecule has 0 aliphatic heterocycles. The second-order valence-corrected chi connectivity index (χ2v) is 2.89. The smallest absolute Gasteiger partial charge is 0.337 e. The Kier molecular flexibility index (Phi) is 4.00. The van der Waals surface area contributed by atoms with Crippen molar-refractivity contribution in [2.24, 2.45) is 0 Å². The molecule has 0 radical (unpaired) electrons. The van der Waals surface area contributed by atoms with Gasteiger partial charge in [0.15, 0.2) is 6.10 Å². The van der Waals surface area contributed by atoms with Crippen molar-refractivity contribution in [2.75, 3.05) is 6.61 Å². The van der Waals surface area contributed by atoms with E-state index in [0.717, 1.165) is 0 Å². The van der Waals surface area contributed by atoms with Crippen molar-refractivity contribution in [3.8, 4) is 0 Å². The summed E-state index contributed by atoms with van der Waals surface area (Å²) in [5, 5.41) is 8.87. The zero-order valence-electron chi connectivity index (χ0n) is 8.02. The van der Waals surface area contributed by atoms with Crippen LogP contribution in [0.15, 0.2) is 36.9 Å². The first kappa shape index (κ1) is 11.4. The zero-order chi connectivity index (χ0) is 11.3. The Balaban J connectivity index is 2.83. The molecule has 15 heavy (non-hydrogen) atoms. The van der Waals surface area contributed by atoms with Crippen LogP contribution < -0.4 is 0 Å².